The number of rotatable bonds is 1. The van der Waals surface area contributed by atoms with E-state index in [4.69, 9.17) is 5.73 Å². The number of carbonyl (C=O) groups is 1. The molecule has 0 aliphatic rings. The van der Waals surface area contributed by atoms with E-state index in [-0.39, 0.29) is 10.0 Å². The van der Waals surface area contributed by atoms with E-state index in [0.29, 0.717) is 6.07 Å². The molecule has 5 heteroatoms. The summed E-state index contributed by atoms with van der Waals surface area (Å²) in [5.74, 6) is -2.65. The fourth-order valence-corrected chi connectivity index (χ4v) is 1.38. The normalized spacial score (nSPS) is 9.92. The summed E-state index contributed by atoms with van der Waals surface area (Å²) in [4.78, 5) is 10.6. The van der Waals surface area contributed by atoms with Crippen molar-refractivity contribution in [3.05, 3.63) is 33.8 Å². The monoisotopic (exact) mass is 235 g/mol. The van der Waals surface area contributed by atoms with Gasteiger partial charge in [-0.05, 0) is 22.0 Å². The van der Waals surface area contributed by atoms with Crippen LogP contribution in [0, 0.1) is 11.6 Å². The number of benzene rings is 1. The first-order chi connectivity index (χ1) is 5.52. The number of hydrogen-bond donors (Lipinski definition) is 1. The minimum Gasteiger partial charge on any atom is -0.365 e. The van der Waals surface area contributed by atoms with Crippen LogP contribution in [0.5, 0.6) is 0 Å². The molecule has 0 radical (unpaired) electrons. The van der Waals surface area contributed by atoms with Crippen LogP contribution in [-0.2, 0) is 0 Å². The molecule has 0 saturated heterocycles. The Morgan fingerprint density at radius 2 is 2.00 bits per heavy atom. The molecule has 1 aromatic carbocycles. The minimum absolute atomic E-state index is 0.0208. The fourth-order valence-electron chi connectivity index (χ4n) is 0.778. The molecule has 0 heterocycles. The number of halogens is 3. The summed E-state index contributed by atoms with van der Waals surface area (Å²) in [5, 5.41) is 0. The Labute approximate surface area is 75.5 Å². The molecule has 64 valence electrons. The Morgan fingerprint density at radius 1 is 1.42 bits per heavy atom. The van der Waals surface area contributed by atoms with Gasteiger partial charge in [0.15, 0.2) is 0 Å². The van der Waals surface area contributed by atoms with Gasteiger partial charge in [0.1, 0.15) is 11.6 Å². The van der Waals surface area contributed by atoms with Crippen LogP contribution in [0.4, 0.5) is 8.78 Å². The van der Waals surface area contributed by atoms with Crippen LogP contribution in [0.2, 0.25) is 0 Å². The first-order valence-electron chi connectivity index (χ1n) is 2.96. The van der Waals surface area contributed by atoms with Crippen molar-refractivity contribution in [3.8, 4) is 0 Å². The van der Waals surface area contributed by atoms with Crippen LogP contribution in [0.1, 0.15) is 10.4 Å². The molecule has 0 bridgehead atoms. The van der Waals surface area contributed by atoms with Crippen molar-refractivity contribution in [3.63, 3.8) is 0 Å². The molecular weight excluding hydrogens is 232 g/mol. The first-order valence-corrected chi connectivity index (χ1v) is 3.76. The van der Waals surface area contributed by atoms with Gasteiger partial charge in [0.05, 0.1) is 5.56 Å². The molecule has 0 aliphatic carbocycles. The van der Waals surface area contributed by atoms with E-state index in [1.54, 1.807) is 0 Å². The highest BCUT2D eigenvalue weighted by molar-refractivity contribution is 9.10. The van der Waals surface area contributed by atoms with Crippen LogP contribution in [-0.4, -0.2) is 5.91 Å². The van der Waals surface area contributed by atoms with Crippen LogP contribution < -0.4 is 5.73 Å². The van der Waals surface area contributed by atoms with E-state index in [1.807, 2.05) is 0 Å². The molecular formula is C7H4BrF2NO. The SMILES string of the molecule is NC(=O)c1c(F)cc(F)cc1Br. The zero-order valence-electron chi connectivity index (χ0n) is 5.77. The highest BCUT2D eigenvalue weighted by Gasteiger charge is 2.13. The standard InChI is InChI=1S/C7H4BrF2NO/c8-4-1-3(9)2-5(10)6(4)7(11)12/h1-2H,(H2,11,12). The number of carbonyl (C=O) groups excluding carboxylic acids is 1. The molecule has 0 unspecified atom stereocenters. The maximum atomic E-state index is 12.8. The maximum Gasteiger partial charge on any atom is 0.252 e. The van der Waals surface area contributed by atoms with E-state index in [0.717, 1.165) is 6.07 Å². The van der Waals surface area contributed by atoms with Gasteiger partial charge in [0.2, 0.25) is 0 Å². The van der Waals surface area contributed by atoms with Gasteiger partial charge in [-0.2, -0.15) is 0 Å². The molecule has 1 amide bonds. The van der Waals surface area contributed by atoms with Crippen LogP contribution in [0.25, 0.3) is 0 Å². The second kappa shape index (κ2) is 3.18. The van der Waals surface area contributed by atoms with Gasteiger partial charge in [0.25, 0.3) is 5.91 Å². The predicted octanol–water partition coefficient (Wildman–Crippen LogP) is 1.83. The average molecular weight is 236 g/mol. The zero-order valence-corrected chi connectivity index (χ0v) is 7.36. The highest BCUT2D eigenvalue weighted by Crippen LogP contribution is 2.20. The summed E-state index contributed by atoms with van der Waals surface area (Å²) in [6.45, 7) is 0. The Morgan fingerprint density at radius 3 is 2.42 bits per heavy atom. The van der Waals surface area contributed by atoms with E-state index in [2.05, 4.69) is 15.9 Å². The fraction of sp³-hybridized carbons (Fsp3) is 0. The molecule has 2 N–H and O–H groups in total. The lowest BCUT2D eigenvalue weighted by Gasteiger charge is -2.00. The quantitative estimate of drug-likeness (QED) is 0.793. The van der Waals surface area contributed by atoms with Gasteiger partial charge < -0.3 is 5.73 Å². The van der Waals surface area contributed by atoms with Crippen molar-refractivity contribution in [1.29, 1.82) is 0 Å². The summed E-state index contributed by atoms with van der Waals surface area (Å²) in [7, 11) is 0. The van der Waals surface area contributed by atoms with Crippen LogP contribution >= 0.6 is 15.9 Å². The van der Waals surface area contributed by atoms with Gasteiger partial charge >= 0.3 is 0 Å². The summed E-state index contributed by atoms with van der Waals surface area (Å²) < 4.78 is 25.3. The molecule has 0 aliphatic heterocycles. The Kier molecular flexibility index (Phi) is 2.42. The topological polar surface area (TPSA) is 43.1 Å². The van der Waals surface area contributed by atoms with Crippen LogP contribution in [0.15, 0.2) is 16.6 Å². The average Bonchev–Trinajstić information content (AvgIpc) is 1.82. The molecule has 0 fully saturated rings. The van der Waals surface area contributed by atoms with Gasteiger partial charge in [-0.15, -0.1) is 0 Å². The van der Waals surface area contributed by atoms with Gasteiger partial charge in [-0.25, -0.2) is 8.78 Å². The van der Waals surface area contributed by atoms with E-state index in [9.17, 15) is 13.6 Å². The van der Waals surface area contributed by atoms with Crippen molar-refractivity contribution in [2.45, 2.75) is 0 Å². The molecule has 12 heavy (non-hydrogen) atoms. The first kappa shape index (κ1) is 9.12. The number of nitrogens with two attached hydrogens (primary N) is 1. The largest absolute Gasteiger partial charge is 0.365 e. The molecule has 1 rings (SSSR count). The summed E-state index contributed by atoms with van der Waals surface area (Å²) in [6.07, 6.45) is 0. The van der Waals surface area contributed by atoms with E-state index in [1.165, 1.54) is 0 Å². The lowest BCUT2D eigenvalue weighted by Crippen LogP contribution is -2.14. The highest BCUT2D eigenvalue weighted by atomic mass is 79.9. The molecule has 0 saturated carbocycles. The lowest BCUT2D eigenvalue weighted by molar-refractivity contribution is 0.0995. The number of primary amides is 1. The van der Waals surface area contributed by atoms with E-state index >= 15 is 0 Å². The molecule has 0 aromatic heterocycles. The molecule has 0 atom stereocenters. The van der Waals surface area contributed by atoms with Crippen molar-refractivity contribution in [1.82, 2.24) is 0 Å². The number of amides is 1. The van der Waals surface area contributed by atoms with E-state index < -0.39 is 17.5 Å². The Bertz CT molecular complexity index is 317. The van der Waals surface area contributed by atoms with Gasteiger partial charge in [-0.1, -0.05) is 0 Å². The second-order valence-corrected chi connectivity index (χ2v) is 2.96. The summed E-state index contributed by atoms with van der Waals surface area (Å²) in [5.41, 5.74) is 4.50. The van der Waals surface area contributed by atoms with Crippen molar-refractivity contribution >= 4 is 21.8 Å². The van der Waals surface area contributed by atoms with Gasteiger partial charge in [-0.3, -0.25) is 4.79 Å². The van der Waals surface area contributed by atoms with Crippen molar-refractivity contribution < 1.29 is 13.6 Å². The van der Waals surface area contributed by atoms with Crippen LogP contribution in [0.3, 0.4) is 0 Å². The summed E-state index contributed by atoms with van der Waals surface area (Å²) >= 11 is 2.82. The zero-order chi connectivity index (χ0) is 9.30. The Hall–Kier alpha value is -0.970. The third-order valence-electron chi connectivity index (χ3n) is 1.25. The van der Waals surface area contributed by atoms with Crippen molar-refractivity contribution in [2.24, 2.45) is 5.73 Å². The lowest BCUT2D eigenvalue weighted by atomic mass is 10.2. The second-order valence-electron chi connectivity index (χ2n) is 2.11. The van der Waals surface area contributed by atoms with Gasteiger partial charge in [0, 0.05) is 10.5 Å². The third kappa shape index (κ3) is 1.61. The molecule has 0 spiro atoms. The minimum atomic E-state index is -0.964. The predicted molar refractivity (Wildman–Crippen MR) is 42.6 cm³/mol. The molecule has 1 aromatic rings. The smallest absolute Gasteiger partial charge is 0.252 e. The number of hydrogen-bond acceptors (Lipinski definition) is 1. The third-order valence-corrected chi connectivity index (χ3v) is 1.88. The molecule has 2 nitrogen and oxygen atoms in total. The summed E-state index contributed by atoms with van der Waals surface area (Å²) in [6, 6.07) is 1.58. The van der Waals surface area contributed by atoms with Crippen molar-refractivity contribution in [2.75, 3.05) is 0 Å². The maximum absolute atomic E-state index is 12.8. The Balaban J connectivity index is 3.38.